The van der Waals surface area contributed by atoms with Crippen molar-refractivity contribution >= 4 is 16.2 Å². The fourth-order valence-electron chi connectivity index (χ4n) is 3.06. The highest BCUT2D eigenvalue weighted by molar-refractivity contribution is 7.86. The Balaban J connectivity index is 2.21. The molecule has 1 N–H and O–H groups in total. The third-order valence-electron chi connectivity index (χ3n) is 4.35. The van der Waals surface area contributed by atoms with Gasteiger partial charge in [0, 0.05) is 26.2 Å². The van der Waals surface area contributed by atoms with Gasteiger partial charge in [-0.2, -0.15) is 17.0 Å². The van der Waals surface area contributed by atoms with E-state index in [1.54, 1.807) is 18.2 Å². The number of piperidine rings is 1. The number of hydrogen-bond acceptors (Lipinski definition) is 3. The van der Waals surface area contributed by atoms with Gasteiger partial charge in [-0.3, -0.25) is 0 Å². The highest BCUT2D eigenvalue weighted by Crippen LogP contribution is 2.29. The van der Waals surface area contributed by atoms with Crippen molar-refractivity contribution in [1.29, 1.82) is 0 Å². The zero-order chi connectivity index (χ0) is 17.0. The predicted molar refractivity (Wildman–Crippen MR) is 88.8 cm³/mol. The lowest BCUT2D eigenvalue weighted by Gasteiger charge is -2.35. The molecule has 1 aliphatic heterocycles. The first-order valence-electron chi connectivity index (χ1n) is 7.98. The number of carboxylic acids is 1. The summed E-state index contributed by atoms with van der Waals surface area (Å²) in [6.45, 7) is 5.50. The van der Waals surface area contributed by atoms with E-state index in [1.165, 1.54) is 8.61 Å². The van der Waals surface area contributed by atoms with E-state index in [0.717, 1.165) is 18.4 Å². The van der Waals surface area contributed by atoms with Gasteiger partial charge in [0.05, 0.1) is 5.56 Å². The smallest absolute Gasteiger partial charge is 0.335 e. The topological polar surface area (TPSA) is 77.9 Å². The van der Waals surface area contributed by atoms with Gasteiger partial charge in [0.2, 0.25) is 0 Å². The first-order valence-corrected chi connectivity index (χ1v) is 9.38. The zero-order valence-corrected chi connectivity index (χ0v) is 14.4. The molecular formula is C16H24N2O4S. The molecule has 1 heterocycles. The lowest BCUT2D eigenvalue weighted by atomic mass is 9.91. The van der Waals surface area contributed by atoms with Crippen LogP contribution in [0.15, 0.2) is 24.3 Å². The van der Waals surface area contributed by atoms with E-state index in [2.05, 4.69) is 0 Å². The van der Waals surface area contributed by atoms with E-state index < -0.39 is 16.2 Å². The second kappa shape index (κ2) is 7.42. The molecule has 0 amide bonds. The van der Waals surface area contributed by atoms with Crippen LogP contribution in [-0.4, -0.2) is 54.3 Å². The van der Waals surface area contributed by atoms with Crippen molar-refractivity contribution in [2.75, 3.05) is 26.2 Å². The Morgan fingerprint density at radius 1 is 1.35 bits per heavy atom. The molecule has 1 atom stereocenters. The summed E-state index contributed by atoms with van der Waals surface area (Å²) in [5.41, 5.74) is 1.13. The Morgan fingerprint density at radius 2 is 2.04 bits per heavy atom. The maximum atomic E-state index is 12.7. The van der Waals surface area contributed by atoms with Crippen molar-refractivity contribution in [3.05, 3.63) is 35.4 Å². The Kier molecular flexibility index (Phi) is 5.78. The molecule has 1 fully saturated rings. The predicted octanol–water partition coefficient (Wildman–Crippen LogP) is 2.15. The maximum absolute atomic E-state index is 12.7. The fraction of sp³-hybridized carbons (Fsp3) is 0.562. The summed E-state index contributed by atoms with van der Waals surface area (Å²) >= 11 is 0. The summed E-state index contributed by atoms with van der Waals surface area (Å²) in [5.74, 6) is -0.927. The summed E-state index contributed by atoms with van der Waals surface area (Å²) in [5, 5.41) is 9.11. The average molecular weight is 340 g/mol. The third kappa shape index (κ3) is 3.91. The van der Waals surface area contributed by atoms with Crippen molar-refractivity contribution in [1.82, 2.24) is 8.61 Å². The highest BCUT2D eigenvalue weighted by Gasteiger charge is 2.32. The largest absolute Gasteiger partial charge is 0.478 e. The van der Waals surface area contributed by atoms with Crippen LogP contribution in [0, 0.1) is 0 Å². The molecule has 0 spiro atoms. The third-order valence-corrected chi connectivity index (χ3v) is 6.50. The van der Waals surface area contributed by atoms with Crippen molar-refractivity contribution in [2.24, 2.45) is 0 Å². The molecule has 1 aromatic rings. The minimum Gasteiger partial charge on any atom is -0.478 e. The van der Waals surface area contributed by atoms with Gasteiger partial charge in [0.25, 0.3) is 10.2 Å². The molecule has 0 aliphatic carbocycles. The average Bonchev–Trinajstić information content (AvgIpc) is 2.56. The van der Waals surface area contributed by atoms with Crippen LogP contribution < -0.4 is 0 Å². The van der Waals surface area contributed by atoms with Crippen LogP contribution >= 0.6 is 0 Å². The van der Waals surface area contributed by atoms with Crippen LogP contribution in [0.5, 0.6) is 0 Å². The summed E-state index contributed by atoms with van der Waals surface area (Å²) in [7, 11) is -3.44. The maximum Gasteiger partial charge on any atom is 0.335 e. The van der Waals surface area contributed by atoms with E-state index in [1.807, 2.05) is 19.9 Å². The van der Waals surface area contributed by atoms with Crippen LogP contribution in [0.25, 0.3) is 0 Å². The Hall–Kier alpha value is -1.44. The van der Waals surface area contributed by atoms with Crippen LogP contribution in [0.3, 0.4) is 0 Å². The molecule has 1 saturated heterocycles. The molecule has 128 valence electrons. The number of nitrogens with zero attached hydrogens (tertiary/aromatic N) is 2. The van der Waals surface area contributed by atoms with Gasteiger partial charge in [0.15, 0.2) is 0 Å². The quantitative estimate of drug-likeness (QED) is 0.861. The molecule has 7 heteroatoms. The van der Waals surface area contributed by atoms with E-state index >= 15 is 0 Å². The number of aromatic carboxylic acids is 1. The van der Waals surface area contributed by atoms with Crippen LogP contribution in [0.4, 0.5) is 0 Å². The molecule has 0 unspecified atom stereocenters. The van der Waals surface area contributed by atoms with Crippen molar-refractivity contribution in [3.8, 4) is 0 Å². The number of carbonyl (C=O) groups is 1. The van der Waals surface area contributed by atoms with E-state index in [4.69, 9.17) is 5.11 Å². The number of benzene rings is 1. The normalized spacial score (nSPS) is 19.9. The Labute approximate surface area is 137 Å². The summed E-state index contributed by atoms with van der Waals surface area (Å²) in [6, 6.07) is 6.81. The second-order valence-corrected chi connectivity index (χ2v) is 7.65. The lowest BCUT2D eigenvalue weighted by Crippen LogP contribution is -2.47. The van der Waals surface area contributed by atoms with Gasteiger partial charge in [-0.1, -0.05) is 26.0 Å². The monoisotopic (exact) mass is 340 g/mol. The van der Waals surface area contributed by atoms with Gasteiger partial charge in [-0.05, 0) is 36.5 Å². The molecule has 1 aliphatic rings. The molecule has 1 aromatic carbocycles. The van der Waals surface area contributed by atoms with Gasteiger partial charge in [-0.15, -0.1) is 0 Å². The molecular weight excluding hydrogens is 316 g/mol. The zero-order valence-electron chi connectivity index (χ0n) is 13.6. The summed E-state index contributed by atoms with van der Waals surface area (Å²) < 4.78 is 28.3. The number of hydrogen-bond donors (Lipinski definition) is 1. The highest BCUT2D eigenvalue weighted by atomic mass is 32.2. The molecule has 23 heavy (non-hydrogen) atoms. The standard InChI is InChI=1S/C16H24N2O4S/c1-3-17(4-2)23(21,22)18-10-6-9-15(12-18)13-7-5-8-14(11-13)16(19)20/h5,7-8,11,15H,3-4,6,9-10,12H2,1-2H3,(H,19,20)/t15-/m1/s1. The Morgan fingerprint density at radius 3 is 2.65 bits per heavy atom. The molecule has 0 bridgehead atoms. The second-order valence-electron chi connectivity index (χ2n) is 5.72. The van der Waals surface area contributed by atoms with Gasteiger partial charge < -0.3 is 5.11 Å². The van der Waals surface area contributed by atoms with Crippen molar-refractivity contribution in [2.45, 2.75) is 32.6 Å². The van der Waals surface area contributed by atoms with E-state index in [0.29, 0.717) is 26.2 Å². The molecule has 0 radical (unpaired) electrons. The van der Waals surface area contributed by atoms with E-state index in [9.17, 15) is 13.2 Å². The molecule has 2 rings (SSSR count). The Bertz CT molecular complexity index is 656. The van der Waals surface area contributed by atoms with Crippen LogP contribution in [0.1, 0.15) is 48.5 Å². The van der Waals surface area contributed by atoms with E-state index in [-0.39, 0.29) is 11.5 Å². The number of carboxylic acid groups (broad SMARTS) is 1. The van der Waals surface area contributed by atoms with Crippen molar-refractivity contribution in [3.63, 3.8) is 0 Å². The first kappa shape index (κ1) is 17.9. The SMILES string of the molecule is CCN(CC)S(=O)(=O)N1CCC[C@@H](c2cccc(C(=O)O)c2)C1. The first-order chi connectivity index (χ1) is 10.9. The summed E-state index contributed by atoms with van der Waals surface area (Å²) in [4.78, 5) is 11.1. The minimum absolute atomic E-state index is 0.0355. The van der Waals surface area contributed by atoms with Gasteiger partial charge >= 0.3 is 5.97 Å². The molecule has 0 saturated carbocycles. The van der Waals surface area contributed by atoms with Crippen LogP contribution in [-0.2, 0) is 10.2 Å². The van der Waals surface area contributed by atoms with Crippen molar-refractivity contribution < 1.29 is 18.3 Å². The fourth-order valence-corrected chi connectivity index (χ4v) is 4.77. The lowest BCUT2D eigenvalue weighted by molar-refractivity contribution is 0.0696. The summed E-state index contributed by atoms with van der Waals surface area (Å²) in [6.07, 6.45) is 1.65. The van der Waals surface area contributed by atoms with Gasteiger partial charge in [0.1, 0.15) is 0 Å². The molecule has 6 nitrogen and oxygen atoms in total. The van der Waals surface area contributed by atoms with Crippen LogP contribution in [0.2, 0.25) is 0 Å². The van der Waals surface area contributed by atoms with Gasteiger partial charge in [-0.25, -0.2) is 4.79 Å². The number of rotatable bonds is 6. The minimum atomic E-state index is -3.44. The molecule has 0 aromatic heterocycles.